The van der Waals surface area contributed by atoms with Crippen LogP contribution in [0.15, 0.2) is 11.4 Å². The molecule has 1 heterocycles. The van der Waals surface area contributed by atoms with Crippen LogP contribution in [0.2, 0.25) is 0 Å². The number of esters is 1. The largest absolute Gasteiger partial charge is 0.462 e. The maximum Gasteiger partial charge on any atom is 0.347 e. The zero-order valence-corrected chi connectivity index (χ0v) is 11.9. The highest BCUT2D eigenvalue weighted by Gasteiger charge is 2.51. The summed E-state index contributed by atoms with van der Waals surface area (Å²) in [6.45, 7) is 8.96. The molecule has 0 unspecified atom stereocenters. The third-order valence-electron chi connectivity index (χ3n) is 3.66. The summed E-state index contributed by atoms with van der Waals surface area (Å²) in [5, 5.41) is 14.0. The van der Waals surface area contributed by atoms with Crippen molar-refractivity contribution < 1.29 is 19.5 Å². The number of carbonyl (C=O) groups is 2. The predicted octanol–water partition coefficient (Wildman–Crippen LogP) is 0.0980. The van der Waals surface area contributed by atoms with Crippen LogP contribution in [0.5, 0.6) is 0 Å². The van der Waals surface area contributed by atoms with Crippen LogP contribution in [-0.4, -0.2) is 39.8 Å². The molecular weight excluding hydrogens is 250 g/mol. The molecule has 1 saturated heterocycles. The number of rotatable bonds is 3. The Morgan fingerprint density at radius 1 is 1.37 bits per heavy atom. The fourth-order valence-corrected chi connectivity index (χ4v) is 1.73. The third kappa shape index (κ3) is 2.37. The summed E-state index contributed by atoms with van der Waals surface area (Å²) >= 11 is 0. The summed E-state index contributed by atoms with van der Waals surface area (Å²) in [5.74, 6) is -1.83. The van der Waals surface area contributed by atoms with Gasteiger partial charge in [0.1, 0.15) is 5.82 Å². The molecule has 108 valence electrons. The standard InChI is InChI=1S/C12H21N3O4/c1-6-19-10(17)7(8(13)16)9-14-11(2,3)12(4,5)15(9)18/h14,18H,6H2,1-5H3,(H2,13,16)/b9-7+. The van der Waals surface area contributed by atoms with E-state index >= 15 is 0 Å². The molecule has 0 aromatic carbocycles. The van der Waals surface area contributed by atoms with Gasteiger partial charge in [0.15, 0.2) is 5.57 Å². The Morgan fingerprint density at radius 3 is 2.21 bits per heavy atom. The van der Waals surface area contributed by atoms with Gasteiger partial charge in [0.25, 0.3) is 5.91 Å². The van der Waals surface area contributed by atoms with E-state index in [9.17, 15) is 14.8 Å². The molecule has 4 N–H and O–H groups in total. The van der Waals surface area contributed by atoms with E-state index in [-0.39, 0.29) is 18.0 Å². The smallest absolute Gasteiger partial charge is 0.347 e. The molecule has 1 fully saturated rings. The fraction of sp³-hybridized carbons (Fsp3) is 0.667. The molecule has 0 spiro atoms. The van der Waals surface area contributed by atoms with Gasteiger partial charge in [-0.25, -0.2) is 9.86 Å². The van der Waals surface area contributed by atoms with Crippen LogP contribution in [0.1, 0.15) is 34.6 Å². The van der Waals surface area contributed by atoms with Gasteiger partial charge in [-0.15, -0.1) is 0 Å². The van der Waals surface area contributed by atoms with E-state index in [1.165, 1.54) is 0 Å². The van der Waals surface area contributed by atoms with Gasteiger partial charge in [-0.3, -0.25) is 10.0 Å². The highest BCUT2D eigenvalue weighted by Crippen LogP contribution is 2.37. The van der Waals surface area contributed by atoms with Gasteiger partial charge in [0.2, 0.25) is 0 Å². The minimum atomic E-state index is -0.950. The van der Waals surface area contributed by atoms with E-state index in [0.717, 1.165) is 5.06 Å². The first-order valence-electron chi connectivity index (χ1n) is 6.04. The molecule has 1 rings (SSSR count). The van der Waals surface area contributed by atoms with Crippen molar-refractivity contribution in [3.8, 4) is 0 Å². The van der Waals surface area contributed by atoms with Gasteiger partial charge >= 0.3 is 5.97 Å². The van der Waals surface area contributed by atoms with Crippen LogP contribution in [0.3, 0.4) is 0 Å². The number of hydrogen-bond donors (Lipinski definition) is 3. The number of nitrogens with zero attached hydrogens (tertiary/aromatic N) is 1. The molecule has 0 bridgehead atoms. The van der Waals surface area contributed by atoms with Gasteiger partial charge in [-0.1, -0.05) is 0 Å². The second kappa shape index (κ2) is 4.73. The van der Waals surface area contributed by atoms with E-state index in [0.29, 0.717) is 0 Å². The first-order chi connectivity index (χ1) is 8.56. The molecule has 0 saturated carbocycles. The molecule has 0 aromatic heterocycles. The number of primary amides is 1. The summed E-state index contributed by atoms with van der Waals surface area (Å²) in [5.41, 5.74) is 3.53. The Hall–Kier alpha value is -1.76. The molecule has 0 atom stereocenters. The van der Waals surface area contributed by atoms with Crippen molar-refractivity contribution in [1.29, 1.82) is 0 Å². The van der Waals surface area contributed by atoms with Crippen LogP contribution in [0.25, 0.3) is 0 Å². The number of hydroxylamine groups is 2. The van der Waals surface area contributed by atoms with Crippen molar-refractivity contribution in [2.75, 3.05) is 6.61 Å². The summed E-state index contributed by atoms with van der Waals surface area (Å²) < 4.78 is 4.79. The van der Waals surface area contributed by atoms with Crippen molar-refractivity contribution in [1.82, 2.24) is 10.4 Å². The third-order valence-corrected chi connectivity index (χ3v) is 3.66. The normalized spacial score (nSPS) is 22.7. The van der Waals surface area contributed by atoms with Gasteiger partial charge in [-0.05, 0) is 34.6 Å². The zero-order chi connectivity index (χ0) is 15.0. The van der Waals surface area contributed by atoms with E-state index in [1.807, 2.05) is 13.8 Å². The maximum absolute atomic E-state index is 11.8. The van der Waals surface area contributed by atoms with E-state index in [1.54, 1.807) is 20.8 Å². The highest BCUT2D eigenvalue weighted by molar-refractivity contribution is 6.16. The fourth-order valence-electron chi connectivity index (χ4n) is 1.73. The summed E-state index contributed by atoms with van der Waals surface area (Å²) in [7, 11) is 0. The summed E-state index contributed by atoms with van der Waals surface area (Å²) in [6.07, 6.45) is 0. The van der Waals surface area contributed by atoms with Crippen molar-refractivity contribution in [2.45, 2.75) is 45.7 Å². The predicted molar refractivity (Wildman–Crippen MR) is 67.8 cm³/mol. The van der Waals surface area contributed by atoms with Crippen molar-refractivity contribution >= 4 is 11.9 Å². The lowest BCUT2D eigenvalue weighted by molar-refractivity contribution is -0.143. The molecule has 7 nitrogen and oxygen atoms in total. The van der Waals surface area contributed by atoms with Crippen LogP contribution in [0, 0.1) is 0 Å². The second-order valence-electron chi connectivity index (χ2n) is 5.43. The Morgan fingerprint density at radius 2 is 1.89 bits per heavy atom. The molecule has 7 heteroatoms. The Labute approximate surface area is 112 Å². The first kappa shape index (κ1) is 15.3. The number of carbonyl (C=O) groups excluding carboxylic acids is 2. The Balaban J connectivity index is 3.34. The molecule has 1 aliphatic heterocycles. The highest BCUT2D eigenvalue weighted by atomic mass is 16.5. The molecular formula is C12H21N3O4. The van der Waals surface area contributed by atoms with Gasteiger partial charge in [0, 0.05) is 0 Å². The molecule has 0 aliphatic carbocycles. The average molecular weight is 271 g/mol. The lowest BCUT2D eigenvalue weighted by atomic mass is 9.84. The quantitative estimate of drug-likeness (QED) is 0.291. The molecule has 1 amide bonds. The molecule has 0 radical (unpaired) electrons. The number of nitrogens with two attached hydrogens (primary N) is 1. The minimum absolute atomic E-state index is 0.0269. The van der Waals surface area contributed by atoms with Crippen LogP contribution in [-0.2, 0) is 14.3 Å². The zero-order valence-electron chi connectivity index (χ0n) is 11.9. The Bertz CT molecular complexity index is 440. The lowest BCUT2D eigenvalue weighted by Crippen LogP contribution is -2.52. The van der Waals surface area contributed by atoms with Crippen LogP contribution in [0.4, 0.5) is 0 Å². The summed E-state index contributed by atoms with van der Waals surface area (Å²) in [4.78, 5) is 23.2. The number of hydrogen-bond acceptors (Lipinski definition) is 6. The van der Waals surface area contributed by atoms with E-state index in [4.69, 9.17) is 10.5 Å². The SMILES string of the molecule is CCOC(=O)/C(C(N)=O)=C1\NC(C)(C)C(C)(C)N1O. The topological polar surface area (TPSA) is 105 Å². The van der Waals surface area contributed by atoms with Crippen LogP contribution >= 0.6 is 0 Å². The van der Waals surface area contributed by atoms with Gasteiger partial charge < -0.3 is 15.8 Å². The van der Waals surface area contributed by atoms with E-state index in [2.05, 4.69) is 5.32 Å². The average Bonchev–Trinajstić information content (AvgIpc) is 2.39. The van der Waals surface area contributed by atoms with E-state index < -0.39 is 23.0 Å². The minimum Gasteiger partial charge on any atom is -0.462 e. The summed E-state index contributed by atoms with van der Waals surface area (Å²) in [6, 6.07) is 0. The number of ether oxygens (including phenoxy) is 1. The number of nitrogens with one attached hydrogen (secondary N) is 1. The lowest BCUT2D eigenvalue weighted by Gasteiger charge is -2.36. The second-order valence-corrected chi connectivity index (χ2v) is 5.43. The monoisotopic (exact) mass is 271 g/mol. The van der Waals surface area contributed by atoms with Gasteiger partial charge in [0.05, 0.1) is 17.7 Å². The molecule has 1 aliphatic rings. The number of amides is 1. The van der Waals surface area contributed by atoms with Crippen molar-refractivity contribution in [3.63, 3.8) is 0 Å². The first-order valence-corrected chi connectivity index (χ1v) is 6.04. The molecule has 0 aromatic rings. The Kier molecular flexibility index (Phi) is 3.81. The maximum atomic E-state index is 11.8. The van der Waals surface area contributed by atoms with Crippen LogP contribution < -0.4 is 11.1 Å². The van der Waals surface area contributed by atoms with Gasteiger partial charge in [-0.2, -0.15) is 0 Å². The van der Waals surface area contributed by atoms with Crippen molar-refractivity contribution in [2.24, 2.45) is 5.73 Å². The molecule has 19 heavy (non-hydrogen) atoms. The van der Waals surface area contributed by atoms with Crippen molar-refractivity contribution in [3.05, 3.63) is 11.4 Å².